The maximum absolute atomic E-state index is 13.0. The number of H-pyrrole nitrogens is 1. The highest BCUT2D eigenvalue weighted by molar-refractivity contribution is 5.97. The first-order valence-corrected chi connectivity index (χ1v) is 9.60. The first-order chi connectivity index (χ1) is 13.7. The van der Waals surface area contributed by atoms with Crippen molar-refractivity contribution in [3.8, 4) is 11.5 Å². The van der Waals surface area contributed by atoms with E-state index < -0.39 is 0 Å². The average molecular weight is 380 g/mol. The molecule has 1 fully saturated rings. The van der Waals surface area contributed by atoms with Gasteiger partial charge in [0.05, 0.1) is 46.0 Å². The van der Waals surface area contributed by atoms with Crippen molar-refractivity contribution >= 4 is 16.8 Å². The van der Waals surface area contributed by atoms with Crippen LogP contribution in [0.1, 0.15) is 15.9 Å². The van der Waals surface area contributed by atoms with E-state index in [4.69, 9.17) is 9.47 Å². The van der Waals surface area contributed by atoms with Crippen molar-refractivity contribution in [2.45, 2.75) is 6.54 Å². The van der Waals surface area contributed by atoms with Crippen molar-refractivity contribution in [1.82, 2.24) is 9.88 Å². The molecule has 1 aliphatic heterocycles. The highest BCUT2D eigenvalue weighted by Gasteiger charge is 2.27. The lowest BCUT2D eigenvalue weighted by Crippen LogP contribution is -3.13. The van der Waals surface area contributed by atoms with Crippen LogP contribution in [0.3, 0.4) is 0 Å². The Kier molecular flexibility index (Phi) is 5.21. The molecule has 2 aromatic carbocycles. The maximum Gasteiger partial charge on any atom is 0.258 e. The zero-order valence-electron chi connectivity index (χ0n) is 16.3. The lowest BCUT2D eigenvalue weighted by molar-refractivity contribution is -0.917. The van der Waals surface area contributed by atoms with Crippen LogP contribution in [0.25, 0.3) is 10.9 Å². The van der Waals surface area contributed by atoms with Crippen LogP contribution < -0.4 is 14.4 Å². The van der Waals surface area contributed by atoms with Gasteiger partial charge in [-0.15, -0.1) is 0 Å². The van der Waals surface area contributed by atoms with E-state index in [1.165, 1.54) is 21.4 Å². The normalized spacial score (nSPS) is 15.0. The molecule has 0 spiro atoms. The molecule has 1 aromatic heterocycles. The molecule has 0 atom stereocenters. The van der Waals surface area contributed by atoms with Gasteiger partial charge in [0.25, 0.3) is 5.91 Å². The van der Waals surface area contributed by atoms with E-state index in [-0.39, 0.29) is 5.91 Å². The Labute approximate surface area is 164 Å². The first-order valence-electron chi connectivity index (χ1n) is 9.60. The van der Waals surface area contributed by atoms with Gasteiger partial charge in [-0.3, -0.25) is 4.79 Å². The van der Waals surface area contributed by atoms with E-state index in [9.17, 15) is 4.79 Å². The third kappa shape index (κ3) is 3.43. The fourth-order valence-electron chi connectivity index (χ4n) is 3.98. The van der Waals surface area contributed by atoms with Gasteiger partial charge in [0.1, 0.15) is 6.54 Å². The Hall–Kier alpha value is -2.99. The molecule has 1 amide bonds. The largest absolute Gasteiger partial charge is 0.493 e. The number of amides is 1. The topological polar surface area (TPSA) is 59.0 Å². The summed E-state index contributed by atoms with van der Waals surface area (Å²) in [6, 6.07) is 13.8. The van der Waals surface area contributed by atoms with Crippen molar-refractivity contribution in [3.63, 3.8) is 0 Å². The number of nitrogens with zero attached hydrogens (tertiary/aromatic N) is 1. The number of quaternary nitrogens is 1. The quantitative estimate of drug-likeness (QED) is 0.709. The van der Waals surface area contributed by atoms with E-state index in [1.807, 2.05) is 17.0 Å². The fraction of sp³-hybridized carbons (Fsp3) is 0.318. The average Bonchev–Trinajstić information content (AvgIpc) is 3.16. The van der Waals surface area contributed by atoms with Crippen molar-refractivity contribution < 1.29 is 19.2 Å². The van der Waals surface area contributed by atoms with Crippen LogP contribution in [0, 0.1) is 0 Å². The van der Waals surface area contributed by atoms with Crippen molar-refractivity contribution in [2.75, 3.05) is 40.4 Å². The monoisotopic (exact) mass is 380 g/mol. The maximum atomic E-state index is 13.0. The fourth-order valence-corrected chi connectivity index (χ4v) is 3.98. The number of carbonyl (C=O) groups excluding carboxylic acids is 1. The lowest BCUT2D eigenvalue weighted by atomic mass is 10.1. The van der Waals surface area contributed by atoms with Gasteiger partial charge in [-0.05, 0) is 18.2 Å². The molecule has 0 radical (unpaired) electrons. The first kappa shape index (κ1) is 18.4. The molecule has 3 aromatic rings. The summed E-state index contributed by atoms with van der Waals surface area (Å²) in [4.78, 5) is 19.8. The highest BCUT2D eigenvalue weighted by atomic mass is 16.5. The Morgan fingerprint density at radius 3 is 2.61 bits per heavy atom. The van der Waals surface area contributed by atoms with E-state index in [0.717, 1.165) is 32.7 Å². The van der Waals surface area contributed by atoms with Gasteiger partial charge in [0.2, 0.25) is 0 Å². The van der Waals surface area contributed by atoms with Gasteiger partial charge < -0.3 is 24.3 Å². The number of hydrogen-bond donors (Lipinski definition) is 2. The molecule has 2 heterocycles. The molecular weight excluding hydrogens is 354 g/mol. The summed E-state index contributed by atoms with van der Waals surface area (Å²) in [6.45, 7) is 4.29. The lowest BCUT2D eigenvalue weighted by Gasteiger charge is -2.32. The van der Waals surface area contributed by atoms with Crippen LogP contribution in [0.4, 0.5) is 0 Å². The van der Waals surface area contributed by atoms with Crippen molar-refractivity contribution in [3.05, 3.63) is 59.8 Å². The zero-order valence-corrected chi connectivity index (χ0v) is 16.3. The summed E-state index contributed by atoms with van der Waals surface area (Å²) in [6.07, 6.45) is 2.11. The number of benzene rings is 2. The summed E-state index contributed by atoms with van der Waals surface area (Å²) < 4.78 is 10.8. The van der Waals surface area contributed by atoms with Gasteiger partial charge in [0.15, 0.2) is 11.5 Å². The van der Waals surface area contributed by atoms with Crippen LogP contribution in [-0.4, -0.2) is 56.2 Å². The molecule has 0 saturated carbocycles. The van der Waals surface area contributed by atoms with E-state index in [2.05, 4.69) is 29.4 Å². The van der Waals surface area contributed by atoms with E-state index in [1.54, 1.807) is 26.4 Å². The van der Waals surface area contributed by atoms with Crippen LogP contribution >= 0.6 is 0 Å². The standard InChI is InChI=1S/C22H25N3O3/c1-27-20-9-5-7-18(21(20)28-2)22(26)25-12-10-24(11-13-25)15-16-14-23-19-8-4-3-6-17(16)19/h3-9,14,23H,10-13,15H2,1-2H3/p+1. The molecule has 4 rings (SSSR count). The Bertz CT molecular complexity index is 974. The predicted molar refractivity (Wildman–Crippen MR) is 108 cm³/mol. The molecule has 2 N–H and O–H groups in total. The van der Waals surface area contributed by atoms with Crippen molar-refractivity contribution in [2.24, 2.45) is 0 Å². The summed E-state index contributed by atoms with van der Waals surface area (Å²) in [5, 5.41) is 1.29. The Balaban J connectivity index is 1.42. The second-order valence-corrected chi connectivity index (χ2v) is 7.12. The van der Waals surface area contributed by atoms with Crippen molar-refractivity contribution in [1.29, 1.82) is 0 Å². The van der Waals surface area contributed by atoms with Gasteiger partial charge in [-0.25, -0.2) is 0 Å². The van der Waals surface area contributed by atoms with Crippen LogP contribution in [0.2, 0.25) is 0 Å². The Morgan fingerprint density at radius 1 is 1.07 bits per heavy atom. The number of carbonyl (C=O) groups is 1. The SMILES string of the molecule is COc1cccc(C(=O)N2CC[NH+](Cc3c[nH]c4ccccc34)CC2)c1OC. The van der Waals surface area contributed by atoms with Crippen LogP contribution in [0.15, 0.2) is 48.7 Å². The number of rotatable bonds is 5. The molecular formula is C22H26N3O3+. The molecule has 146 valence electrons. The summed E-state index contributed by atoms with van der Waals surface area (Å²) in [5.41, 5.74) is 3.07. The molecule has 6 nitrogen and oxygen atoms in total. The molecule has 1 saturated heterocycles. The van der Waals surface area contributed by atoms with Gasteiger partial charge in [0, 0.05) is 22.7 Å². The smallest absolute Gasteiger partial charge is 0.258 e. The number of aromatic amines is 1. The second kappa shape index (κ2) is 7.94. The third-order valence-corrected chi connectivity index (χ3v) is 5.51. The number of methoxy groups -OCH3 is 2. The molecule has 1 aliphatic rings. The minimum atomic E-state index is 0.00175. The number of nitrogens with one attached hydrogen (secondary N) is 2. The van der Waals surface area contributed by atoms with E-state index in [0.29, 0.717) is 17.1 Å². The summed E-state index contributed by atoms with van der Waals surface area (Å²) in [7, 11) is 3.15. The Morgan fingerprint density at radius 2 is 1.86 bits per heavy atom. The molecule has 6 heteroatoms. The summed E-state index contributed by atoms with van der Waals surface area (Å²) >= 11 is 0. The number of fused-ring (bicyclic) bond motifs is 1. The van der Waals surface area contributed by atoms with E-state index >= 15 is 0 Å². The van der Waals surface area contributed by atoms with Gasteiger partial charge >= 0.3 is 0 Å². The minimum absolute atomic E-state index is 0.00175. The number of aromatic nitrogens is 1. The van der Waals surface area contributed by atoms with Crippen LogP contribution in [0.5, 0.6) is 11.5 Å². The third-order valence-electron chi connectivity index (χ3n) is 5.51. The minimum Gasteiger partial charge on any atom is -0.493 e. The molecule has 0 unspecified atom stereocenters. The molecule has 0 aliphatic carbocycles. The highest BCUT2D eigenvalue weighted by Crippen LogP contribution is 2.31. The number of para-hydroxylation sites is 2. The van der Waals surface area contributed by atoms with Crippen LogP contribution in [-0.2, 0) is 6.54 Å². The number of hydrogen-bond acceptors (Lipinski definition) is 3. The summed E-state index contributed by atoms with van der Waals surface area (Å²) in [5.74, 6) is 1.09. The molecule has 0 bridgehead atoms. The zero-order chi connectivity index (χ0) is 19.5. The van der Waals surface area contributed by atoms with Gasteiger partial charge in [-0.2, -0.15) is 0 Å². The second-order valence-electron chi connectivity index (χ2n) is 7.12. The van der Waals surface area contributed by atoms with Gasteiger partial charge in [-0.1, -0.05) is 24.3 Å². The molecule has 28 heavy (non-hydrogen) atoms. The number of ether oxygens (including phenoxy) is 2. The predicted octanol–water partition coefficient (Wildman–Crippen LogP) is 1.73. The number of piperazine rings is 1.